The van der Waals surface area contributed by atoms with Crippen molar-refractivity contribution in [3.8, 4) is 0 Å². The van der Waals surface area contributed by atoms with Crippen molar-refractivity contribution in [2.24, 2.45) is 5.41 Å². The first kappa shape index (κ1) is 14.8. The van der Waals surface area contributed by atoms with Crippen LogP contribution >= 0.6 is 0 Å². The molecule has 1 unspecified atom stereocenters. The molecule has 2 aliphatic rings. The molecule has 2 fully saturated rings. The van der Waals surface area contributed by atoms with Gasteiger partial charge in [-0.05, 0) is 38.6 Å². The van der Waals surface area contributed by atoms with E-state index < -0.39 is 0 Å². The van der Waals surface area contributed by atoms with Gasteiger partial charge < -0.3 is 10.2 Å². The maximum absolute atomic E-state index is 13.0. The summed E-state index contributed by atoms with van der Waals surface area (Å²) >= 11 is 0. The molecule has 1 N–H and O–H groups in total. The van der Waals surface area contributed by atoms with Crippen LogP contribution in [0.25, 0.3) is 0 Å². The van der Waals surface area contributed by atoms with Gasteiger partial charge in [0.1, 0.15) is 0 Å². The molecule has 2 saturated heterocycles. The lowest BCUT2D eigenvalue weighted by atomic mass is 9.75. The summed E-state index contributed by atoms with van der Waals surface area (Å²) in [6, 6.07) is 0. The summed E-state index contributed by atoms with van der Waals surface area (Å²) in [6.45, 7) is 6.17. The molecule has 110 valence electrons. The zero-order chi connectivity index (χ0) is 13.6. The molecule has 3 heteroatoms. The first-order chi connectivity index (χ1) is 9.28. The minimum atomic E-state index is -0.0911. The average molecular weight is 266 g/mol. The Kier molecular flexibility index (Phi) is 5.68. The molecule has 0 aliphatic carbocycles. The Labute approximate surface area is 118 Å². The quantitative estimate of drug-likeness (QED) is 0.852. The van der Waals surface area contributed by atoms with Gasteiger partial charge in [-0.2, -0.15) is 0 Å². The van der Waals surface area contributed by atoms with Gasteiger partial charge in [0, 0.05) is 19.6 Å². The minimum absolute atomic E-state index is 0.0911. The summed E-state index contributed by atoms with van der Waals surface area (Å²) in [6.07, 6.45) is 10.7. The van der Waals surface area contributed by atoms with Gasteiger partial charge in [-0.1, -0.05) is 32.6 Å². The lowest BCUT2D eigenvalue weighted by molar-refractivity contribution is -0.144. The van der Waals surface area contributed by atoms with Gasteiger partial charge in [-0.25, -0.2) is 0 Å². The molecule has 3 nitrogen and oxygen atoms in total. The van der Waals surface area contributed by atoms with E-state index in [0.717, 1.165) is 51.9 Å². The highest BCUT2D eigenvalue weighted by Gasteiger charge is 2.41. The molecular weight excluding hydrogens is 236 g/mol. The third kappa shape index (κ3) is 3.71. The summed E-state index contributed by atoms with van der Waals surface area (Å²) in [5.41, 5.74) is -0.0911. The summed E-state index contributed by atoms with van der Waals surface area (Å²) in [7, 11) is 0. The van der Waals surface area contributed by atoms with E-state index in [1.165, 1.54) is 32.1 Å². The van der Waals surface area contributed by atoms with Crippen LogP contribution in [0.2, 0.25) is 0 Å². The average Bonchev–Trinajstić information content (AvgIpc) is 2.39. The minimum Gasteiger partial charge on any atom is -0.342 e. The predicted molar refractivity (Wildman–Crippen MR) is 79.1 cm³/mol. The molecule has 0 aromatic rings. The van der Waals surface area contributed by atoms with E-state index in [4.69, 9.17) is 0 Å². The van der Waals surface area contributed by atoms with Crippen LogP contribution in [0.15, 0.2) is 0 Å². The number of likely N-dealkylation sites (tertiary alicyclic amines) is 1. The maximum atomic E-state index is 13.0. The number of nitrogens with one attached hydrogen (secondary N) is 1. The van der Waals surface area contributed by atoms with Gasteiger partial charge in [0.05, 0.1) is 5.41 Å². The summed E-state index contributed by atoms with van der Waals surface area (Å²) in [5.74, 6) is 0.448. The fraction of sp³-hybridized carbons (Fsp3) is 0.938. The van der Waals surface area contributed by atoms with E-state index in [9.17, 15) is 4.79 Å². The SMILES string of the molecule is CCCC1(C(=O)N2CCCCCCC2)CCCNC1. The highest BCUT2D eigenvalue weighted by molar-refractivity contribution is 5.83. The summed E-state index contributed by atoms with van der Waals surface area (Å²) < 4.78 is 0. The molecule has 0 saturated carbocycles. The van der Waals surface area contributed by atoms with Gasteiger partial charge in [-0.3, -0.25) is 4.79 Å². The number of piperidine rings is 1. The molecule has 19 heavy (non-hydrogen) atoms. The van der Waals surface area contributed by atoms with Crippen LogP contribution in [0.4, 0.5) is 0 Å². The summed E-state index contributed by atoms with van der Waals surface area (Å²) in [4.78, 5) is 15.2. The van der Waals surface area contributed by atoms with E-state index in [-0.39, 0.29) is 5.41 Å². The molecule has 2 aliphatic heterocycles. The number of carbonyl (C=O) groups excluding carboxylic acids is 1. The number of nitrogens with zero attached hydrogens (tertiary/aromatic N) is 1. The zero-order valence-corrected chi connectivity index (χ0v) is 12.5. The highest BCUT2D eigenvalue weighted by atomic mass is 16.2. The molecule has 2 heterocycles. The third-order valence-corrected chi connectivity index (χ3v) is 4.80. The monoisotopic (exact) mass is 266 g/mol. The Morgan fingerprint density at radius 2 is 1.79 bits per heavy atom. The Hall–Kier alpha value is -0.570. The van der Waals surface area contributed by atoms with Crippen LogP contribution in [0.3, 0.4) is 0 Å². The number of hydrogen-bond acceptors (Lipinski definition) is 2. The number of carbonyl (C=O) groups is 1. The Balaban J connectivity index is 2.04. The van der Waals surface area contributed by atoms with Crippen LogP contribution in [0, 0.1) is 5.41 Å². The van der Waals surface area contributed by atoms with Crippen LogP contribution < -0.4 is 5.32 Å². The van der Waals surface area contributed by atoms with Crippen molar-refractivity contribution in [1.29, 1.82) is 0 Å². The molecule has 0 aromatic heterocycles. The van der Waals surface area contributed by atoms with Gasteiger partial charge in [0.25, 0.3) is 0 Å². The lowest BCUT2D eigenvalue weighted by Crippen LogP contribution is -2.52. The largest absolute Gasteiger partial charge is 0.342 e. The molecule has 2 rings (SSSR count). The van der Waals surface area contributed by atoms with Crippen molar-refractivity contribution in [3.63, 3.8) is 0 Å². The second-order valence-corrected chi connectivity index (χ2v) is 6.37. The Bertz CT molecular complexity index is 271. The molecule has 0 spiro atoms. The van der Waals surface area contributed by atoms with Gasteiger partial charge in [-0.15, -0.1) is 0 Å². The lowest BCUT2D eigenvalue weighted by Gasteiger charge is -2.40. The molecule has 0 radical (unpaired) electrons. The normalized spacial score (nSPS) is 29.6. The number of amides is 1. The van der Waals surface area contributed by atoms with Crippen molar-refractivity contribution >= 4 is 5.91 Å². The van der Waals surface area contributed by atoms with Crippen molar-refractivity contribution in [2.75, 3.05) is 26.2 Å². The standard InChI is InChI=1S/C16H30N2O/c1-2-9-16(10-8-11-17-14-16)15(19)18-12-6-4-3-5-7-13-18/h17H,2-14H2,1H3. The van der Waals surface area contributed by atoms with E-state index in [1.807, 2.05) is 0 Å². The topological polar surface area (TPSA) is 32.3 Å². The first-order valence-corrected chi connectivity index (χ1v) is 8.29. The Morgan fingerprint density at radius 1 is 1.11 bits per heavy atom. The first-order valence-electron chi connectivity index (χ1n) is 8.29. The van der Waals surface area contributed by atoms with Gasteiger partial charge in [0.15, 0.2) is 0 Å². The highest BCUT2D eigenvalue weighted by Crippen LogP contribution is 2.34. The van der Waals surface area contributed by atoms with Gasteiger partial charge in [0.2, 0.25) is 5.91 Å². The van der Waals surface area contributed by atoms with Crippen LogP contribution in [0.1, 0.15) is 64.7 Å². The van der Waals surface area contributed by atoms with Crippen molar-refractivity contribution < 1.29 is 4.79 Å². The number of hydrogen-bond donors (Lipinski definition) is 1. The third-order valence-electron chi connectivity index (χ3n) is 4.80. The zero-order valence-electron chi connectivity index (χ0n) is 12.5. The summed E-state index contributed by atoms with van der Waals surface area (Å²) in [5, 5.41) is 3.46. The van der Waals surface area contributed by atoms with E-state index >= 15 is 0 Å². The fourth-order valence-electron chi connectivity index (χ4n) is 3.74. The van der Waals surface area contributed by atoms with Crippen LogP contribution in [-0.4, -0.2) is 37.0 Å². The molecule has 0 aromatic carbocycles. The van der Waals surface area contributed by atoms with Crippen molar-refractivity contribution in [3.05, 3.63) is 0 Å². The van der Waals surface area contributed by atoms with Crippen LogP contribution in [-0.2, 0) is 4.79 Å². The fourth-order valence-corrected chi connectivity index (χ4v) is 3.74. The number of rotatable bonds is 3. The second-order valence-electron chi connectivity index (χ2n) is 6.37. The molecule has 1 atom stereocenters. The van der Waals surface area contributed by atoms with Crippen molar-refractivity contribution in [2.45, 2.75) is 64.7 Å². The molecule has 0 bridgehead atoms. The van der Waals surface area contributed by atoms with Crippen LogP contribution in [0.5, 0.6) is 0 Å². The molecule has 1 amide bonds. The predicted octanol–water partition coefficient (Wildman–Crippen LogP) is 2.95. The van der Waals surface area contributed by atoms with E-state index in [1.54, 1.807) is 0 Å². The van der Waals surface area contributed by atoms with E-state index in [2.05, 4.69) is 17.1 Å². The van der Waals surface area contributed by atoms with Gasteiger partial charge >= 0.3 is 0 Å². The maximum Gasteiger partial charge on any atom is 0.230 e. The molecular formula is C16H30N2O. The smallest absolute Gasteiger partial charge is 0.230 e. The second kappa shape index (κ2) is 7.28. The Morgan fingerprint density at radius 3 is 2.37 bits per heavy atom. The van der Waals surface area contributed by atoms with E-state index in [0.29, 0.717) is 5.91 Å². The van der Waals surface area contributed by atoms with Crippen molar-refractivity contribution in [1.82, 2.24) is 10.2 Å².